The number of ether oxygens (including phenoxy) is 6. The number of hydrogen-bond donors (Lipinski definition) is 7. The predicted molar refractivity (Wildman–Crippen MR) is 266 cm³/mol. The summed E-state index contributed by atoms with van der Waals surface area (Å²) in [6.45, 7) is 2.51. The van der Waals surface area contributed by atoms with Gasteiger partial charge in [0.05, 0.1) is 19.8 Å². The third-order valence-electron chi connectivity index (χ3n) is 12.5. The molecule has 15 heteroatoms. The highest BCUT2D eigenvalue weighted by Gasteiger charge is 2.47. The Morgan fingerprint density at radius 2 is 0.884 bits per heavy atom. The molecule has 2 aliphatic rings. The van der Waals surface area contributed by atoms with Gasteiger partial charge in [-0.2, -0.15) is 0 Å². The quantitative estimate of drug-likeness (QED) is 0.0176. The van der Waals surface area contributed by atoms with Gasteiger partial charge >= 0.3 is 11.9 Å². The lowest BCUT2D eigenvalue weighted by Crippen LogP contribution is -2.61. The molecule has 0 bridgehead atoms. The molecule has 0 saturated carbocycles. The van der Waals surface area contributed by atoms with Gasteiger partial charge in [0.1, 0.15) is 55.4 Å². The summed E-state index contributed by atoms with van der Waals surface area (Å²) < 4.78 is 33.6. The SMILES string of the molecule is CCCC/C=C\C/C=C\CCCCCCCC(=O)OCC(COC1OC(COC2OC(CO)C(O)C(O)C2O)C(O)C(O)C1O)OC(=O)CCCCCCCCCCC/C=C\C/C=C\CCCCC. The number of aliphatic hydroxyl groups is 7. The van der Waals surface area contributed by atoms with Crippen LogP contribution in [0.2, 0.25) is 0 Å². The summed E-state index contributed by atoms with van der Waals surface area (Å²) >= 11 is 0. The summed E-state index contributed by atoms with van der Waals surface area (Å²) in [7, 11) is 0. The van der Waals surface area contributed by atoms with Gasteiger partial charge in [0.2, 0.25) is 0 Å². The van der Waals surface area contributed by atoms with Crippen molar-refractivity contribution in [1.29, 1.82) is 0 Å². The summed E-state index contributed by atoms with van der Waals surface area (Å²) in [5.74, 6) is -0.946. The normalized spacial score (nSPS) is 25.9. The van der Waals surface area contributed by atoms with Crippen molar-refractivity contribution in [2.24, 2.45) is 0 Å². The van der Waals surface area contributed by atoms with Gasteiger partial charge in [-0.1, -0.05) is 152 Å². The summed E-state index contributed by atoms with van der Waals surface area (Å²) in [4.78, 5) is 25.8. The first-order valence-electron chi connectivity index (χ1n) is 26.7. The molecule has 0 aromatic heterocycles. The number of carbonyl (C=O) groups is 2. The second kappa shape index (κ2) is 41.0. The minimum absolute atomic E-state index is 0.156. The van der Waals surface area contributed by atoms with E-state index in [0.29, 0.717) is 12.8 Å². The van der Waals surface area contributed by atoms with Crippen LogP contribution in [0.15, 0.2) is 48.6 Å². The van der Waals surface area contributed by atoms with Gasteiger partial charge < -0.3 is 64.2 Å². The zero-order valence-corrected chi connectivity index (χ0v) is 42.3. The molecule has 2 fully saturated rings. The molecular weight excluding hydrogens is 889 g/mol. The molecule has 11 unspecified atom stereocenters. The first kappa shape index (κ1) is 62.6. The smallest absolute Gasteiger partial charge is 0.306 e. The Morgan fingerprint density at radius 3 is 1.39 bits per heavy atom. The van der Waals surface area contributed by atoms with Crippen molar-refractivity contribution in [3.63, 3.8) is 0 Å². The van der Waals surface area contributed by atoms with E-state index in [1.165, 1.54) is 64.2 Å². The van der Waals surface area contributed by atoms with Gasteiger partial charge in [-0.25, -0.2) is 0 Å². The van der Waals surface area contributed by atoms with E-state index in [1.54, 1.807) is 0 Å². The zero-order valence-electron chi connectivity index (χ0n) is 42.3. The van der Waals surface area contributed by atoms with Gasteiger partial charge in [0, 0.05) is 12.8 Å². The lowest BCUT2D eigenvalue weighted by atomic mass is 9.98. The van der Waals surface area contributed by atoms with Crippen LogP contribution in [0.25, 0.3) is 0 Å². The topological polar surface area (TPSA) is 231 Å². The highest BCUT2D eigenvalue weighted by Crippen LogP contribution is 2.26. The van der Waals surface area contributed by atoms with E-state index in [-0.39, 0.29) is 26.1 Å². The summed E-state index contributed by atoms with van der Waals surface area (Å²) in [6, 6.07) is 0. The van der Waals surface area contributed by atoms with E-state index in [2.05, 4.69) is 62.5 Å². The van der Waals surface area contributed by atoms with E-state index in [9.17, 15) is 45.3 Å². The van der Waals surface area contributed by atoms with Gasteiger partial charge in [0.15, 0.2) is 18.7 Å². The summed E-state index contributed by atoms with van der Waals surface area (Å²) in [5.41, 5.74) is 0. The minimum atomic E-state index is -1.77. The second-order valence-electron chi connectivity index (χ2n) is 18.7. The molecule has 15 nitrogen and oxygen atoms in total. The number of allylic oxidation sites excluding steroid dienone is 8. The maximum Gasteiger partial charge on any atom is 0.306 e. The number of unbranched alkanes of at least 4 members (excludes halogenated alkanes) is 19. The molecule has 0 aromatic carbocycles. The molecule has 0 aliphatic carbocycles. The number of hydrogen-bond acceptors (Lipinski definition) is 15. The average molecular weight is 983 g/mol. The molecule has 2 saturated heterocycles. The first-order valence-corrected chi connectivity index (χ1v) is 26.7. The zero-order chi connectivity index (χ0) is 50.3. The van der Waals surface area contributed by atoms with E-state index in [1.807, 2.05) is 0 Å². The maximum atomic E-state index is 13.0. The van der Waals surface area contributed by atoms with Gasteiger partial charge in [-0.15, -0.1) is 0 Å². The molecule has 2 heterocycles. The highest BCUT2D eigenvalue weighted by molar-refractivity contribution is 5.70. The van der Waals surface area contributed by atoms with Crippen molar-refractivity contribution >= 4 is 11.9 Å². The van der Waals surface area contributed by atoms with Crippen LogP contribution in [-0.4, -0.2) is 142 Å². The number of esters is 2. The fraction of sp³-hybridized carbons (Fsp3) is 0.815. The van der Waals surface area contributed by atoms with Crippen molar-refractivity contribution in [2.75, 3.05) is 26.4 Å². The Hall–Kier alpha value is -2.54. The molecule has 0 spiro atoms. The Morgan fingerprint density at radius 1 is 0.464 bits per heavy atom. The summed E-state index contributed by atoms with van der Waals surface area (Å²) in [6.07, 6.45) is 28.4. The Balaban J connectivity index is 1.80. The highest BCUT2D eigenvalue weighted by atomic mass is 16.7. The van der Waals surface area contributed by atoms with E-state index in [4.69, 9.17) is 28.4 Å². The van der Waals surface area contributed by atoms with Crippen LogP contribution in [0, 0.1) is 0 Å². The van der Waals surface area contributed by atoms with E-state index in [0.717, 1.165) is 83.5 Å². The van der Waals surface area contributed by atoms with Crippen molar-refractivity contribution < 1.29 is 73.8 Å². The van der Waals surface area contributed by atoms with Crippen LogP contribution in [0.1, 0.15) is 187 Å². The van der Waals surface area contributed by atoms with Crippen LogP contribution in [-0.2, 0) is 38.0 Å². The lowest BCUT2D eigenvalue weighted by molar-refractivity contribution is -0.332. The predicted octanol–water partition coefficient (Wildman–Crippen LogP) is 7.88. The molecule has 7 N–H and O–H groups in total. The van der Waals surface area contributed by atoms with Crippen molar-refractivity contribution in [3.8, 4) is 0 Å². The standard InChI is InChI=1S/C54H94O15/c1-3-5-7-9-11-13-15-17-19-20-21-22-23-25-27-29-31-33-35-37-46(57)67-42(39-64-45(56)36-34-32-30-28-26-24-18-16-14-12-10-8-6-4-2)40-65-53-52(63)50(61)48(59)44(69-53)41-66-54-51(62)49(60)47(58)43(38-55)68-54/h10-13,16-19,42-44,47-55,58-63H,3-9,14-15,20-41H2,1-2H3/b12-10-,13-11-,18-16-,19-17-. The molecule has 2 aliphatic heterocycles. The second-order valence-corrected chi connectivity index (χ2v) is 18.7. The fourth-order valence-corrected chi connectivity index (χ4v) is 8.09. The minimum Gasteiger partial charge on any atom is -0.462 e. The Labute approximate surface area is 414 Å². The first-order chi connectivity index (χ1) is 33.5. The molecule has 400 valence electrons. The van der Waals surface area contributed by atoms with Crippen LogP contribution in [0.5, 0.6) is 0 Å². The van der Waals surface area contributed by atoms with Crippen LogP contribution in [0.4, 0.5) is 0 Å². The third-order valence-corrected chi connectivity index (χ3v) is 12.5. The monoisotopic (exact) mass is 983 g/mol. The van der Waals surface area contributed by atoms with Crippen LogP contribution < -0.4 is 0 Å². The Bertz CT molecular complexity index is 1390. The average Bonchev–Trinajstić information content (AvgIpc) is 3.34. The largest absolute Gasteiger partial charge is 0.462 e. The molecule has 0 radical (unpaired) electrons. The van der Waals surface area contributed by atoms with Gasteiger partial charge in [-0.3, -0.25) is 9.59 Å². The third kappa shape index (κ3) is 28.9. The fourth-order valence-electron chi connectivity index (χ4n) is 8.09. The van der Waals surface area contributed by atoms with Crippen molar-refractivity contribution in [1.82, 2.24) is 0 Å². The number of aliphatic hydroxyl groups excluding tert-OH is 7. The summed E-state index contributed by atoms with van der Waals surface area (Å²) in [5, 5.41) is 72.1. The van der Waals surface area contributed by atoms with Crippen molar-refractivity contribution in [2.45, 2.75) is 255 Å². The van der Waals surface area contributed by atoms with Gasteiger partial charge in [-0.05, 0) is 70.6 Å². The maximum absolute atomic E-state index is 13.0. The van der Waals surface area contributed by atoms with E-state index < -0.39 is 92.7 Å². The van der Waals surface area contributed by atoms with Crippen LogP contribution in [0.3, 0.4) is 0 Å². The molecule has 11 atom stereocenters. The molecule has 2 rings (SSSR count). The van der Waals surface area contributed by atoms with E-state index >= 15 is 0 Å². The number of rotatable bonds is 41. The Kier molecular flexibility index (Phi) is 37.2. The molecular formula is C54H94O15. The van der Waals surface area contributed by atoms with Crippen LogP contribution >= 0.6 is 0 Å². The van der Waals surface area contributed by atoms with Crippen molar-refractivity contribution in [3.05, 3.63) is 48.6 Å². The number of carbonyl (C=O) groups excluding carboxylic acids is 2. The molecule has 0 aromatic rings. The molecule has 0 amide bonds. The lowest BCUT2D eigenvalue weighted by Gasteiger charge is -2.42. The molecule has 69 heavy (non-hydrogen) atoms. The van der Waals surface area contributed by atoms with Gasteiger partial charge in [0.25, 0.3) is 0 Å².